The number of allylic oxidation sites excluding steroid dienone is 1. The molecule has 0 aliphatic rings. The Kier molecular flexibility index (Phi) is 8.24. The first-order valence-corrected chi connectivity index (χ1v) is 15.4. The highest BCUT2D eigenvalue weighted by Gasteiger charge is 2.39. The molecule has 0 unspecified atom stereocenters. The molecule has 7 aromatic rings. The van der Waals surface area contributed by atoms with Crippen LogP contribution >= 0.6 is 0 Å². The normalized spacial score (nSPS) is 11.6. The largest absolute Gasteiger partial charge is 0.506 e. The van der Waals surface area contributed by atoms with Crippen LogP contribution in [0.3, 0.4) is 0 Å². The van der Waals surface area contributed by atoms with Gasteiger partial charge >= 0.3 is 6.16 Å². The summed E-state index contributed by atoms with van der Waals surface area (Å²) in [6, 6.07) is 46.0. The van der Waals surface area contributed by atoms with E-state index in [4.69, 9.17) is 14.5 Å². The predicted octanol–water partition coefficient (Wildman–Crippen LogP) is 9.23. The number of imidazole rings is 1. The molecule has 0 atom stereocenters. The lowest BCUT2D eigenvalue weighted by Gasteiger charge is -2.38. The van der Waals surface area contributed by atoms with Crippen LogP contribution in [-0.2, 0) is 16.9 Å². The van der Waals surface area contributed by atoms with Crippen LogP contribution in [0.4, 0.5) is 4.79 Å². The molecular weight excluding hydrogens is 600 g/mol. The number of ether oxygens (including phenoxy) is 1. The predicted molar refractivity (Wildman–Crippen MR) is 185 cm³/mol. The van der Waals surface area contributed by atoms with Gasteiger partial charge < -0.3 is 18.8 Å². The maximum absolute atomic E-state index is 13.4. The number of rotatable bonds is 10. The summed E-state index contributed by atoms with van der Waals surface area (Å²) in [5, 5.41) is 9.47. The lowest BCUT2D eigenvalue weighted by Crippen LogP contribution is -2.37. The first-order chi connectivity index (χ1) is 23.5. The number of carbonyl (C=O) groups is 2. The Labute approximate surface area is 277 Å². The van der Waals surface area contributed by atoms with E-state index < -0.39 is 11.7 Å². The Morgan fingerprint density at radius 2 is 1.38 bits per heavy atom. The minimum atomic E-state index is -1.38. The van der Waals surface area contributed by atoms with E-state index in [9.17, 15) is 9.59 Å². The number of furan rings is 1. The summed E-state index contributed by atoms with van der Waals surface area (Å²) in [6.45, 7) is -0.208. The van der Waals surface area contributed by atoms with Crippen LogP contribution in [0.25, 0.3) is 28.3 Å². The zero-order chi connectivity index (χ0) is 32.9. The molecule has 7 nitrogen and oxygen atoms in total. The van der Waals surface area contributed by atoms with Crippen molar-refractivity contribution in [3.05, 3.63) is 192 Å². The molecule has 234 valence electrons. The van der Waals surface area contributed by atoms with Crippen molar-refractivity contribution in [1.29, 1.82) is 0 Å². The molecule has 0 aliphatic carbocycles. The lowest BCUT2D eigenvalue weighted by atomic mass is 9.76. The smallest absolute Gasteiger partial charge is 0.457 e. The Hall–Kier alpha value is -6.47. The Morgan fingerprint density at radius 1 is 0.771 bits per heavy atom. The number of hydrogen-bond acceptors (Lipinski definition) is 5. The molecule has 0 bridgehead atoms. The molecule has 7 heteroatoms. The van der Waals surface area contributed by atoms with Crippen LogP contribution in [0.15, 0.2) is 163 Å². The van der Waals surface area contributed by atoms with Gasteiger partial charge in [-0.1, -0.05) is 121 Å². The van der Waals surface area contributed by atoms with E-state index in [0.717, 1.165) is 33.5 Å². The first kappa shape index (κ1) is 30.2. The van der Waals surface area contributed by atoms with Crippen molar-refractivity contribution in [2.45, 2.75) is 12.1 Å². The second-order valence-corrected chi connectivity index (χ2v) is 11.3. The van der Waals surface area contributed by atoms with Crippen molar-refractivity contribution >= 4 is 29.0 Å². The van der Waals surface area contributed by atoms with Crippen molar-refractivity contribution < 1.29 is 23.8 Å². The highest BCUT2D eigenvalue weighted by Crippen LogP contribution is 2.43. The Balaban J connectivity index is 1.30. The van der Waals surface area contributed by atoms with Crippen LogP contribution in [0.1, 0.15) is 38.4 Å². The van der Waals surface area contributed by atoms with E-state index >= 15 is 0 Å². The van der Waals surface area contributed by atoms with Gasteiger partial charge in [0, 0.05) is 16.5 Å². The second-order valence-electron chi connectivity index (χ2n) is 11.3. The van der Waals surface area contributed by atoms with Crippen molar-refractivity contribution in [1.82, 2.24) is 9.55 Å². The maximum atomic E-state index is 13.4. The highest BCUT2D eigenvalue weighted by molar-refractivity contribution is 6.08. The van der Waals surface area contributed by atoms with Gasteiger partial charge in [-0.05, 0) is 52.6 Å². The minimum Gasteiger partial charge on any atom is -0.457 e. The number of nitrogens with zero attached hydrogens (tertiary/aromatic N) is 2. The SMILES string of the molecule is O=C(O)OCc1cc2cc(C(=O)C=Cc3ccccc3-c3cncn3C(c3ccccc3)(c3ccccc3)c3ccccc3)ccc2o1. The summed E-state index contributed by atoms with van der Waals surface area (Å²) in [5.41, 5.74) is 6.16. The van der Waals surface area contributed by atoms with Crippen molar-refractivity contribution in [3.8, 4) is 11.3 Å². The fourth-order valence-corrected chi connectivity index (χ4v) is 6.31. The molecule has 0 spiro atoms. The number of carbonyl (C=O) groups excluding carboxylic acids is 1. The zero-order valence-corrected chi connectivity index (χ0v) is 25.8. The third kappa shape index (κ3) is 5.69. The fourth-order valence-electron chi connectivity index (χ4n) is 6.31. The maximum Gasteiger partial charge on any atom is 0.506 e. The molecule has 2 heterocycles. The van der Waals surface area contributed by atoms with Gasteiger partial charge in [0.05, 0.1) is 18.2 Å². The van der Waals surface area contributed by atoms with Crippen LogP contribution < -0.4 is 0 Å². The molecule has 0 fully saturated rings. The van der Waals surface area contributed by atoms with E-state index in [1.807, 2.05) is 61.1 Å². The molecular formula is C41H30N2O5. The third-order valence-corrected chi connectivity index (χ3v) is 8.42. The summed E-state index contributed by atoms with van der Waals surface area (Å²) < 4.78 is 12.5. The summed E-state index contributed by atoms with van der Waals surface area (Å²) in [7, 11) is 0. The van der Waals surface area contributed by atoms with E-state index in [1.54, 1.807) is 30.3 Å². The fraction of sp³-hybridized carbons (Fsp3) is 0.0488. The van der Waals surface area contributed by atoms with Crippen molar-refractivity contribution in [2.24, 2.45) is 0 Å². The van der Waals surface area contributed by atoms with Gasteiger partial charge in [0.25, 0.3) is 0 Å². The van der Waals surface area contributed by atoms with Crippen LogP contribution in [0.2, 0.25) is 0 Å². The van der Waals surface area contributed by atoms with E-state index in [0.29, 0.717) is 22.3 Å². The van der Waals surface area contributed by atoms with Crippen molar-refractivity contribution in [2.75, 3.05) is 0 Å². The quantitative estimate of drug-likeness (QED) is 0.0701. The van der Waals surface area contributed by atoms with Gasteiger partial charge in [-0.25, -0.2) is 9.78 Å². The summed E-state index contributed by atoms with van der Waals surface area (Å²) >= 11 is 0. The highest BCUT2D eigenvalue weighted by atomic mass is 16.7. The molecule has 0 radical (unpaired) electrons. The second kappa shape index (κ2) is 13.1. The van der Waals surface area contributed by atoms with Gasteiger partial charge in [-0.2, -0.15) is 0 Å². The van der Waals surface area contributed by atoms with Gasteiger partial charge in [0.15, 0.2) is 12.4 Å². The van der Waals surface area contributed by atoms with Crippen LogP contribution in [-0.4, -0.2) is 26.6 Å². The minimum absolute atomic E-state index is 0.183. The Bertz CT molecular complexity index is 2140. The average Bonchev–Trinajstić information content (AvgIpc) is 3.79. The Morgan fingerprint density at radius 3 is 2.00 bits per heavy atom. The molecule has 2 aromatic heterocycles. The molecule has 0 amide bonds. The van der Waals surface area contributed by atoms with Gasteiger partial charge in [0.1, 0.15) is 16.9 Å². The monoisotopic (exact) mass is 630 g/mol. The standard InChI is InChI=1S/C41H30N2O5/c44-38(30-21-23-39-31(24-30)25-35(48-39)27-47-40(45)46)22-20-29-12-10-11-19-36(29)37-26-42-28-43(37)41(32-13-4-1-5-14-32,33-15-6-2-7-16-33)34-17-8-3-9-18-34/h1-26,28H,27H2,(H,45,46). The third-order valence-electron chi connectivity index (χ3n) is 8.42. The lowest BCUT2D eigenvalue weighted by molar-refractivity contribution is 0.0797. The molecule has 0 saturated heterocycles. The number of carboxylic acid groups (broad SMARTS) is 1. The first-order valence-electron chi connectivity index (χ1n) is 15.4. The zero-order valence-electron chi connectivity index (χ0n) is 25.8. The molecule has 0 aliphatic heterocycles. The molecule has 48 heavy (non-hydrogen) atoms. The van der Waals surface area contributed by atoms with Crippen LogP contribution in [0.5, 0.6) is 0 Å². The number of benzene rings is 5. The molecule has 5 aromatic carbocycles. The molecule has 7 rings (SSSR count). The van der Waals surface area contributed by atoms with Gasteiger partial charge in [-0.3, -0.25) is 4.79 Å². The van der Waals surface area contributed by atoms with Crippen LogP contribution in [0, 0.1) is 0 Å². The van der Waals surface area contributed by atoms with E-state index in [2.05, 4.69) is 82.1 Å². The number of aromatic nitrogens is 2. The van der Waals surface area contributed by atoms with Gasteiger partial charge in [-0.15, -0.1) is 0 Å². The van der Waals surface area contributed by atoms with Gasteiger partial charge in [0.2, 0.25) is 0 Å². The number of fused-ring (bicyclic) bond motifs is 1. The molecule has 0 saturated carbocycles. The van der Waals surface area contributed by atoms with E-state index in [1.165, 1.54) is 0 Å². The molecule has 1 N–H and O–H groups in total. The summed E-state index contributed by atoms with van der Waals surface area (Å²) in [4.78, 5) is 28.9. The summed E-state index contributed by atoms with van der Waals surface area (Å²) in [6.07, 6.45) is 5.76. The van der Waals surface area contributed by atoms with Crippen molar-refractivity contribution in [3.63, 3.8) is 0 Å². The number of ketones is 1. The van der Waals surface area contributed by atoms with E-state index in [-0.39, 0.29) is 12.4 Å². The topological polar surface area (TPSA) is 94.6 Å². The number of hydrogen-bond donors (Lipinski definition) is 1. The summed E-state index contributed by atoms with van der Waals surface area (Å²) in [5.74, 6) is 0.174. The average molecular weight is 631 g/mol.